The number of esters is 1. The van der Waals surface area contributed by atoms with Crippen molar-refractivity contribution in [1.29, 1.82) is 0 Å². The Kier molecular flexibility index (Phi) is 5.71. The van der Waals surface area contributed by atoms with Crippen molar-refractivity contribution in [3.05, 3.63) is 77.6 Å². The van der Waals surface area contributed by atoms with Crippen molar-refractivity contribution in [2.45, 2.75) is 13.5 Å². The molecule has 0 unspecified atom stereocenters. The third-order valence-corrected chi connectivity index (χ3v) is 4.30. The normalized spacial score (nSPS) is 10.3. The van der Waals surface area contributed by atoms with Crippen molar-refractivity contribution in [2.24, 2.45) is 0 Å². The Bertz CT molecular complexity index is 935. The smallest absolute Gasteiger partial charge is 0.342 e. The molecule has 0 aliphatic carbocycles. The molecular formula is C22H21NO4. The van der Waals surface area contributed by atoms with Crippen LogP contribution in [0.15, 0.2) is 60.8 Å². The van der Waals surface area contributed by atoms with Crippen molar-refractivity contribution < 1.29 is 19.0 Å². The Morgan fingerprint density at radius 1 is 1.00 bits per heavy atom. The summed E-state index contributed by atoms with van der Waals surface area (Å²) in [6.07, 6.45) is 1.72. The van der Waals surface area contributed by atoms with Crippen molar-refractivity contribution in [3.63, 3.8) is 0 Å². The summed E-state index contributed by atoms with van der Waals surface area (Å²) in [5, 5.41) is 0. The maximum atomic E-state index is 12.5. The molecule has 1 aromatic heterocycles. The summed E-state index contributed by atoms with van der Waals surface area (Å²) in [4.78, 5) is 16.8. The summed E-state index contributed by atoms with van der Waals surface area (Å²) >= 11 is 0. The fourth-order valence-corrected chi connectivity index (χ4v) is 2.79. The highest BCUT2D eigenvalue weighted by Crippen LogP contribution is 2.33. The summed E-state index contributed by atoms with van der Waals surface area (Å²) in [5.74, 6) is 0.755. The van der Waals surface area contributed by atoms with E-state index >= 15 is 0 Å². The fraction of sp³-hybridized carbons (Fsp3) is 0.182. The van der Waals surface area contributed by atoms with Gasteiger partial charge in [-0.25, -0.2) is 4.79 Å². The number of hydrogen-bond acceptors (Lipinski definition) is 5. The van der Waals surface area contributed by atoms with Gasteiger partial charge in [-0.3, -0.25) is 4.98 Å². The predicted molar refractivity (Wildman–Crippen MR) is 103 cm³/mol. The molecular weight excluding hydrogens is 342 g/mol. The second-order valence-corrected chi connectivity index (χ2v) is 5.95. The van der Waals surface area contributed by atoms with Crippen LogP contribution in [-0.4, -0.2) is 25.2 Å². The van der Waals surface area contributed by atoms with E-state index in [1.165, 1.54) is 7.11 Å². The van der Waals surface area contributed by atoms with E-state index in [2.05, 4.69) is 4.98 Å². The van der Waals surface area contributed by atoms with E-state index in [1.54, 1.807) is 19.4 Å². The summed E-state index contributed by atoms with van der Waals surface area (Å²) < 4.78 is 16.1. The van der Waals surface area contributed by atoms with E-state index in [0.29, 0.717) is 11.3 Å². The molecule has 1 heterocycles. The monoisotopic (exact) mass is 363 g/mol. The van der Waals surface area contributed by atoms with Crippen LogP contribution in [0.2, 0.25) is 0 Å². The lowest BCUT2D eigenvalue weighted by molar-refractivity contribution is 0.0596. The predicted octanol–water partition coefficient (Wildman–Crippen LogP) is 4.43. The first-order valence-electron chi connectivity index (χ1n) is 8.53. The highest BCUT2D eigenvalue weighted by atomic mass is 16.5. The molecule has 5 nitrogen and oxygen atoms in total. The van der Waals surface area contributed by atoms with E-state index in [1.807, 2.05) is 55.5 Å². The first kappa shape index (κ1) is 18.5. The molecule has 0 atom stereocenters. The standard InChI is InChI=1S/C22H21NO4/c1-15-6-5-13-23-19(15)14-27-20-8-4-7-18(21(20)22(24)26-3)16-9-11-17(25-2)12-10-16/h4-13H,14H2,1-3H3. The number of nitrogens with zero attached hydrogens (tertiary/aromatic N) is 1. The van der Waals surface area contributed by atoms with Crippen LogP contribution in [0.3, 0.4) is 0 Å². The summed E-state index contributed by atoms with van der Waals surface area (Å²) in [5.41, 5.74) is 3.85. The van der Waals surface area contributed by atoms with E-state index in [-0.39, 0.29) is 6.61 Å². The van der Waals surface area contributed by atoms with E-state index in [4.69, 9.17) is 14.2 Å². The van der Waals surface area contributed by atoms with Gasteiger partial charge in [-0.2, -0.15) is 0 Å². The van der Waals surface area contributed by atoms with Crippen LogP contribution in [0.4, 0.5) is 0 Å². The van der Waals surface area contributed by atoms with Crippen LogP contribution in [0, 0.1) is 6.92 Å². The van der Waals surface area contributed by atoms with E-state index < -0.39 is 5.97 Å². The quantitative estimate of drug-likeness (QED) is 0.606. The van der Waals surface area contributed by atoms with Gasteiger partial charge in [0.2, 0.25) is 0 Å². The minimum absolute atomic E-state index is 0.267. The zero-order chi connectivity index (χ0) is 19.2. The van der Waals surface area contributed by atoms with Crippen LogP contribution in [0.5, 0.6) is 11.5 Å². The highest BCUT2D eigenvalue weighted by molar-refractivity contribution is 6.00. The van der Waals surface area contributed by atoms with Gasteiger partial charge in [-0.1, -0.05) is 30.3 Å². The molecule has 3 aromatic rings. The molecule has 2 aromatic carbocycles. The molecule has 0 N–H and O–H groups in total. The van der Waals surface area contributed by atoms with Gasteiger partial charge in [-0.05, 0) is 47.9 Å². The average Bonchev–Trinajstić information content (AvgIpc) is 2.72. The molecule has 5 heteroatoms. The van der Waals surface area contributed by atoms with Gasteiger partial charge in [0.1, 0.15) is 23.7 Å². The van der Waals surface area contributed by atoms with Crippen molar-refractivity contribution in [2.75, 3.05) is 14.2 Å². The molecule has 0 spiro atoms. The van der Waals surface area contributed by atoms with Gasteiger partial charge in [0, 0.05) is 6.20 Å². The van der Waals surface area contributed by atoms with Crippen molar-refractivity contribution >= 4 is 5.97 Å². The number of methoxy groups -OCH3 is 2. The maximum absolute atomic E-state index is 12.5. The minimum Gasteiger partial charge on any atom is -0.497 e. The van der Waals surface area contributed by atoms with Crippen LogP contribution in [0.1, 0.15) is 21.6 Å². The Hall–Kier alpha value is -3.34. The number of carbonyl (C=O) groups is 1. The number of carbonyl (C=O) groups excluding carboxylic acids is 1. The fourth-order valence-electron chi connectivity index (χ4n) is 2.79. The molecule has 0 bridgehead atoms. The molecule has 0 saturated carbocycles. The Labute approximate surface area is 158 Å². The lowest BCUT2D eigenvalue weighted by Gasteiger charge is -2.15. The first-order valence-corrected chi connectivity index (χ1v) is 8.53. The van der Waals surface area contributed by atoms with Crippen molar-refractivity contribution in [3.8, 4) is 22.6 Å². The summed E-state index contributed by atoms with van der Waals surface area (Å²) in [6, 6.07) is 16.8. The van der Waals surface area contributed by atoms with Gasteiger partial charge in [-0.15, -0.1) is 0 Å². The Morgan fingerprint density at radius 2 is 1.78 bits per heavy atom. The third kappa shape index (κ3) is 4.08. The van der Waals surface area contributed by atoms with E-state index in [0.717, 1.165) is 28.1 Å². The summed E-state index contributed by atoms with van der Waals surface area (Å²) in [7, 11) is 2.97. The lowest BCUT2D eigenvalue weighted by atomic mass is 9.98. The molecule has 138 valence electrons. The molecule has 0 aliphatic heterocycles. The van der Waals surface area contributed by atoms with Crippen molar-refractivity contribution in [1.82, 2.24) is 4.98 Å². The molecule has 0 saturated heterocycles. The largest absolute Gasteiger partial charge is 0.497 e. The van der Waals surface area contributed by atoms with Crippen LogP contribution < -0.4 is 9.47 Å². The van der Waals surface area contributed by atoms with Crippen LogP contribution in [0.25, 0.3) is 11.1 Å². The minimum atomic E-state index is -0.450. The summed E-state index contributed by atoms with van der Waals surface area (Å²) in [6.45, 7) is 2.24. The number of benzene rings is 2. The number of hydrogen-bond donors (Lipinski definition) is 0. The number of rotatable bonds is 6. The SMILES string of the molecule is COC(=O)c1c(OCc2ncccc2C)cccc1-c1ccc(OC)cc1. The van der Waals surface area contributed by atoms with Gasteiger partial charge in [0.05, 0.1) is 19.9 Å². The second-order valence-electron chi connectivity index (χ2n) is 5.95. The van der Waals surface area contributed by atoms with Crippen LogP contribution >= 0.6 is 0 Å². The number of ether oxygens (including phenoxy) is 3. The molecule has 0 amide bonds. The Balaban J connectivity index is 1.98. The molecule has 27 heavy (non-hydrogen) atoms. The Morgan fingerprint density at radius 3 is 2.44 bits per heavy atom. The topological polar surface area (TPSA) is 57.7 Å². The van der Waals surface area contributed by atoms with Crippen LogP contribution in [-0.2, 0) is 11.3 Å². The molecule has 3 rings (SSSR count). The number of aromatic nitrogens is 1. The lowest BCUT2D eigenvalue weighted by Crippen LogP contribution is -2.09. The molecule has 0 fully saturated rings. The van der Waals surface area contributed by atoms with Gasteiger partial charge in [0.15, 0.2) is 0 Å². The molecule has 0 aliphatic rings. The van der Waals surface area contributed by atoms with Gasteiger partial charge < -0.3 is 14.2 Å². The zero-order valence-corrected chi connectivity index (χ0v) is 15.6. The third-order valence-electron chi connectivity index (χ3n) is 4.30. The average molecular weight is 363 g/mol. The second kappa shape index (κ2) is 8.36. The first-order chi connectivity index (χ1) is 13.1. The zero-order valence-electron chi connectivity index (χ0n) is 15.6. The van der Waals surface area contributed by atoms with Gasteiger partial charge in [0.25, 0.3) is 0 Å². The van der Waals surface area contributed by atoms with Gasteiger partial charge >= 0.3 is 5.97 Å². The number of pyridine rings is 1. The number of aryl methyl sites for hydroxylation is 1. The maximum Gasteiger partial charge on any atom is 0.342 e. The highest BCUT2D eigenvalue weighted by Gasteiger charge is 2.20. The van der Waals surface area contributed by atoms with E-state index in [9.17, 15) is 4.79 Å². The molecule has 0 radical (unpaired) electrons.